The van der Waals surface area contributed by atoms with Crippen molar-refractivity contribution in [3.8, 4) is 0 Å². The van der Waals surface area contributed by atoms with Gasteiger partial charge in [0.05, 0.1) is 0 Å². The molecule has 3 rings (SSSR count). The third-order valence-electron chi connectivity index (χ3n) is 5.41. The molecule has 1 aromatic rings. The maximum absolute atomic E-state index is 13.1. The fraction of sp³-hybridized carbons (Fsp3) is 0.556. The van der Waals surface area contributed by atoms with Crippen molar-refractivity contribution in [1.82, 2.24) is 15.5 Å². The lowest BCUT2D eigenvalue weighted by Crippen LogP contribution is -2.41. The number of urea groups is 1. The molecule has 2 atom stereocenters. The van der Waals surface area contributed by atoms with Gasteiger partial charge in [-0.15, -0.1) is 0 Å². The van der Waals surface area contributed by atoms with Crippen LogP contribution >= 0.6 is 0 Å². The summed E-state index contributed by atoms with van der Waals surface area (Å²) < 4.78 is 13.1. The average Bonchev–Trinajstić information content (AvgIpc) is 2.92. The van der Waals surface area contributed by atoms with Crippen LogP contribution < -0.4 is 10.6 Å². The SMILES string of the molecule is CC1(C)[C@@H]2CN(C(=O)NCCCNC(=O)c3cccc(F)c3)C[C@H]21. The zero-order chi connectivity index (χ0) is 17.3. The maximum Gasteiger partial charge on any atom is 0.317 e. The highest BCUT2D eigenvalue weighted by Crippen LogP contribution is 2.61. The number of nitrogens with zero attached hydrogens (tertiary/aromatic N) is 1. The number of rotatable bonds is 5. The standard InChI is InChI=1S/C18H24FN3O2/c1-18(2)14-10-22(11-15(14)18)17(24)21-8-4-7-20-16(23)12-5-3-6-13(19)9-12/h3,5-6,9,14-15H,4,7-8,10-11H2,1-2H3,(H,20,23)(H,21,24)/t14-,15-/m1/s1. The second-order valence-electron chi connectivity index (χ2n) is 7.29. The number of fused-ring (bicyclic) bond motifs is 1. The summed E-state index contributed by atoms with van der Waals surface area (Å²) in [7, 11) is 0. The Morgan fingerprint density at radius 2 is 1.88 bits per heavy atom. The van der Waals surface area contributed by atoms with Crippen LogP contribution in [0.25, 0.3) is 0 Å². The number of amides is 3. The van der Waals surface area contributed by atoms with Crippen LogP contribution in [0.15, 0.2) is 24.3 Å². The Kier molecular flexibility index (Phi) is 4.47. The van der Waals surface area contributed by atoms with Crippen molar-refractivity contribution in [3.63, 3.8) is 0 Å². The largest absolute Gasteiger partial charge is 0.352 e. The highest BCUT2D eigenvalue weighted by atomic mass is 19.1. The number of carbonyl (C=O) groups is 2. The molecule has 1 heterocycles. The van der Waals surface area contributed by atoms with Crippen molar-refractivity contribution >= 4 is 11.9 Å². The van der Waals surface area contributed by atoms with E-state index in [4.69, 9.17) is 0 Å². The fourth-order valence-electron chi connectivity index (χ4n) is 3.63. The van der Waals surface area contributed by atoms with E-state index in [0.717, 1.165) is 13.1 Å². The van der Waals surface area contributed by atoms with Crippen LogP contribution in [0, 0.1) is 23.1 Å². The molecule has 0 unspecified atom stereocenters. The zero-order valence-electron chi connectivity index (χ0n) is 14.1. The molecule has 6 heteroatoms. The molecule has 2 N–H and O–H groups in total. The lowest BCUT2D eigenvalue weighted by Gasteiger charge is -2.22. The second-order valence-corrected chi connectivity index (χ2v) is 7.29. The number of hydrogen-bond acceptors (Lipinski definition) is 2. The predicted molar refractivity (Wildman–Crippen MR) is 89.1 cm³/mol. The van der Waals surface area contributed by atoms with Gasteiger partial charge in [0.1, 0.15) is 5.82 Å². The Balaban J connectivity index is 1.30. The Bertz CT molecular complexity index is 633. The molecule has 5 nitrogen and oxygen atoms in total. The van der Waals surface area contributed by atoms with E-state index in [1.807, 2.05) is 4.90 Å². The van der Waals surface area contributed by atoms with Crippen molar-refractivity contribution in [3.05, 3.63) is 35.6 Å². The summed E-state index contributed by atoms with van der Waals surface area (Å²) in [5.41, 5.74) is 0.704. The summed E-state index contributed by atoms with van der Waals surface area (Å²) in [6.45, 7) is 7.17. The predicted octanol–water partition coefficient (Wildman–Crippen LogP) is 2.24. The van der Waals surface area contributed by atoms with Crippen LogP contribution in [0.2, 0.25) is 0 Å². The molecule has 2 fully saturated rings. The number of piperidine rings is 1. The van der Waals surface area contributed by atoms with E-state index in [0.29, 0.717) is 42.3 Å². The van der Waals surface area contributed by atoms with Crippen LogP contribution in [0.1, 0.15) is 30.6 Å². The summed E-state index contributed by atoms with van der Waals surface area (Å²) in [6, 6.07) is 5.56. The molecule has 1 saturated heterocycles. The first-order valence-electron chi connectivity index (χ1n) is 8.46. The van der Waals surface area contributed by atoms with Gasteiger partial charge in [0.2, 0.25) is 0 Å². The van der Waals surface area contributed by atoms with Gasteiger partial charge in [-0.05, 0) is 41.9 Å². The van der Waals surface area contributed by atoms with Gasteiger partial charge in [0, 0.05) is 31.7 Å². The van der Waals surface area contributed by atoms with Crippen LogP contribution in [0.5, 0.6) is 0 Å². The van der Waals surface area contributed by atoms with Crippen molar-refractivity contribution in [2.45, 2.75) is 20.3 Å². The molecular weight excluding hydrogens is 309 g/mol. The van der Waals surface area contributed by atoms with E-state index in [1.54, 1.807) is 6.07 Å². The van der Waals surface area contributed by atoms with E-state index in [1.165, 1.54) is 18.2 Å². The van der Waals surface area contributed by atoms with Crippen molar-refractivity contribution in [2.24, 2.45) is 17.3 Å². The Morgan fingerprint density at radius 1 is 1.21 bits per heavy atom. The Labute approximate surface area is 141 Å². The van der Waals surface area contributed by atoms with Crippen LogP contribution in [-0.4, -0.2) is 43.0 Å². The molecule has 2 aliphatic rings. The highest BCUT2D eigenvalue weighted by molar-refractivity contribution is 5.94. The number of carbonyl (C=O) groups excluding carboxylic acids is 2. The lowest BCUT2D eigenvalue weighted by molar-refractivity contribution is 0.0953. The van der Waals surface area contributed by atoms with Crippen LogP contribution in [0.4, 0.5) is 9.18 Å². The normalized spacial score (nSPS) is 23.5. The Morgan fingerprint density at radius 3 is 2.54 bits per heavy atom. The fourth-order valence-corrected chi connectivity index (χ4v) is 3.63. The van der Waals surface area contributed by atoms with E-state index >= 15 is 0 Å². The molecule has 130 valence electrons. The molecule has 3 amide bonds. The number of nitrogens with one attached hydrogen (secondary N) is 2. The molecule has 0 spiro atoms. The molecule has 24 heavy (non-hydrogen) atoms. The highest BCUT2D eigenvalue weighted by Gasteiger charge is 2.62. The van der Waals surface area contributed by atoms with Crippen molar-refractivity contribution in [1.29, 1.82) is 0 Å². The lowest BCUT2D eigenvalue weighted by atomic mass is 10.1. The number of benzene rings is 1. The molecule has 1 aromatic carbocycles. The van der Waals surface area contributed by atoms with E-state index in [2.05, 4.69) is 24.5 Å². The first kappa shape index (κ1) is 16.7. The summed E-state index contributed by atoms with van der Waals surface area (Å²) in [5, 5.41) is 5.62. The van der Waals surface area contributed by atoms with Crippen LogP contribution in [-0.2, 0) is 0 Å². The van der Waals surface area contributed by atoms with Crippen molar-refractivity contribution < 1.29 is 14.0 Å². The second kappa shape index (κ2) is 6.42. The number of hydrogen-bond donors (Lipinski definition) is 2. The summed E-state index contributed by atoms with van der Waals surface area (Å²) in [4.78, 5) is 25.8. The third kappa shape index (κ3) is 3.37. The minimum absolute atomic E-state index is 0.0190. The van der Waals surface area contributed by atoms with Crippen LogP contribution in [0.3, 0.4) is 0 Å². The van der Waals surface area contributed by atoms with Gasteiger partial charge in [0.15, 0.2) is 0 Å². The topological polar surface area (TPSA) is 61.4 Å². The summed E-state index contributed by atoms with van der Waals surface area (Å²) in [6.07, 6.45) is 0.638. The van der Waals surface area contributed by atoms with Gasteiger partial charge < -0.3 is 15.5 Å². The monoisotopic (exact) mass is 333 g/mol. The number of halogens is 1. The smallest absolute Gasteiger partial charge is 0.317 e. The van der Waals surface area contributed by atoms with Crippen molar-refractivity contribution in [2.75, 3.05) is 26.2 Å². The zero-order valence-corrected chi connectivity index (χ0v) is 14.1. The van der Waals surface area contributed by atoms with Gasteiger partial charge in [-0.1, -0.05) is 19.9 Å². The summed E-state index contributed by atoms with van der Waals surface area (Å²) in [5.74, 6) is 0.562. The summed E-state index contributed by atoms with van der Waals surface area (Å²) >= 11 is 0. The van der Waals surface area contributed by atoms with Gasteiger partial charge in [-0.25, -0.2) is 9.18 Å². The minimum Gasteiger partial charge on any atom is -0.352 e. The molecule has 0 aromatic heterocycles. The molecule has 0 bridgehead atoms. The van der Waals surface area contributed by atoms with E-state index in [-0.39, 0.29) is 11.9 Å². The minimum atomic E-state index is -0.429. The maximum atomic E-state index is 13.1. The first-order valence-corrected chi connectivity index (χ1v) is 8.46. The quantitative estimate of drug-likeness (QED) is 0.812. The molecule has 1 saturated carbocycles. The van der Waals surface area contributed by atoms with Gasteiger partial charge >= 0.3 is 6.03 Å². The third-order valence-corrected chi connectivity index (χ3v) is 5.41. The van der Waals surface area contributed by atoms with Gasteiger partial charge in [0.25, 0.3) is 5.91 Å². The molecule has 1 aliphatic heterocycles. The average molecular weight is 333 g/mol. The van der Waals surface area contributed by atoms with E-state index in [9.17, 15) is 14.0 Å². The number of likely N-dealkylation sites (tertiary alicyclic amines) is 1. The molecule has 1 aliphatic carbocycles. The molecular formula is C18H24FN3O2. The first-order chi connectivity index (χ1) is 11.4. The Hall–Kier alpha value is -2.11. The van der Waals surface area contributed by atoms with Gasteiger partial charge in [-0.3, -0.25) is 4.79 Å². The molecule has 0 radical (unpaired) electrons. The van der Waals surface area contributed by atoms with Gasteiger partial charge in [-0.2, -0.15) is 0 Å². The van der Waals surface area contributed by atoms with E-state index < -0.39 is 5.82 Å².